The number of urea groups is 1. The number of nitrogens with zero attached hydrogens (tertiary/aromatic N) is 1. The molecule has 1 aliphatic rings. The summed E-state index contributed by atoms with van der Waals surface area (Å²) in [6.45, 7) is 12.1. The Kier molecular flexibility index (Phi) is 7.21. The minimum absolute atomic E-state index is 0.0337. The first-order valence-corrected chi connectivity index (χ1v) is 11.1. The molecule has 0 aromatic heterocycles. The first kappa shape index (κ1) is 22.7. The third kappa shape index (κ3) is 6.00. The predicted molar refractivity (Wildman–Crippen MR) is 128 cm³/mol. The van der Waals surface area contributed by atoms with Crippen LogP contribution in [0.15, 0.2) is 36.4 Å². The Balaban J connectivity index is 1.79. The first-order chi connectivity index (χ1) is 14.7. The Hall–Kier alpha value is -3.02. The molecule has 0 atom stereocenters. The molecule has 0 aliphatic carbocycles. The molecule has 6 nitrogen and oxygen atoms in total. The summed E-state index contributed by atoms with van der Waals surface area (Å²) < 4.78 is 0. The smallest absolute Gasteiger partial charge is 0.323 e. The molecule has 3 N–H and O–H groups in total. The zero-order valence-electron chi connectivity index (χ0n) is 19.2. The van der Waals surface area contributed by atoms with E-state index >= 15 is 0 Å². The molecule has 166 valence electrons. The van der Waals surface area contributed by atoms with Crippen molar-refractivity contribution in [3.8, 4) is 0 Å². The molecular weight excluding hydrogens is 388 g/mol. The summed E-state index contributed by atoms with van der Waals surface area (Å²) >= 11 is 0. The van der Waals surface area contributed by atoms with Crippen LogP contribution in [0.25, 0.3) is 0 Å². The van der Waals surface area contributed by atoms with Crippen LogP contribution < -0.4 is 20.9 Å². The lowest BCUT2D eigenvalue weighted by Gasteiger charge is -2.33. The topological polar surface area (TPSA) is 73.5 Å². The Bertz CT molecular complexity index is 947. The summed E-state index contributed by atoms with van der Waals surface area (Å²) in [5.74, 6) is 0.584. The lowest BCUT2D eigenvalue weighted by atomic mass is 9.97. The fourth-order valence-electron chi connectivity index (χ4n) is 3.77. The number of carbonyl (C=O) groups excluding carboxylic acids is 2. The van der Waals surface area contributed by atoms with Gasteiger partial charge >= 0.3 is 6.03 Å². The normalized spacial score (nSPS) is 14.5. The summed E-state index contributed by atoms with van der Waals surface area (Å²) in [5.41, 5.74) is 5.12. The van der Waals surface area contributed by atoms with Crippen molar-refractivity contribution in [3.05, 3.63) is 53.1 Å². The molecule has 0 radical (unpaired) electrons. The SMILES string of the molecule is Cc1ccc(NC(=O)Nc2ccc(N3CCC(C)CC3)c(C(=O)NC(C)C)c2)cc1C. The molecule has 3 rings (SSSR count). The van der Waals surface area contributed by atoms with Gasteiger partial charge in [-0.3, -0.25) is 4.79 Å². The van der Waals surface area contributed by atoms with Crippen molar-refractivity contribution in [2.24, 2.45) is 5.92 Å². The van der Waals surface area contributed by atoms with Crippen LogP contribution in [-0.4, -0.2) is 31.1 Å². The Morgan fingerprint density at radius 2 is 1.55 bits per heavy atom. The number of amides is 3. The van der Waals surface area contributed by atoms with E-state index in [4.69, 9.17) is 0 Å². The second kappa shape index (κ2) is 9.86. The van der Waals surface area contributed by atoms with Gasteiger partial charge in [0.25, 0.3) is 5.91 Å². The highest BCUT2D eigenvalue weighted by molar-refractivity contribution is 6.04. The van der Waals surface area contributed by atoms with Gasteiger partial charge in [-0.05, 0) is 87.9 Å². The van der Waals surface area contributed by atoms with Crippen LogP contribution in [0.2, 0.25) is 0 Å². The van der Waals surface area contributed by atoms with Gasteiger partial charge in [-0.2, -0.15) is 0 Å². The molecule has 0 bridgehead atoms. The molecule has 3 amide bonds. The monoisotopic (exact) mass is 422 g/mol. The van der Waals surface area contributed by atoms with Gasteiger partial charge in [0.15, 0.2) is 0 Å². The Morgan fingerprint density at radius 1 is 0.935 bits per heavy atom. The fraction of sp³-hybridized carbons (Fsp3) is 0.440. The van der Waals surface area contributed by atoms with Crippen molar-refractivity contribution in [1.29, 1.82) is 0 Å². The van der Waals surface area contributed by atoms with E-state index in [0.29, 0.717) is 17.2 Å². The van der Waals surface area contributed by atoms with Gasteiger partial charge in [-0.1, -0.05) is 13.0 Å². The van der Waals surface area contributed by atoms with Gasteiger partial charge < -0.3 is 20.9 Å². The van der Waals surface area contributed by atoms with Gasteiger partial charge in [0.1, 0.15) is 0 Å². The quantitative estimate of drug-likeness (QED) is 0.610. The highest BCUT2D eigenvalue weighted by Gasteiger charge is 2.22. The standard InChI is InChI=1S/C25H34N4O2/c1-16(2)26-24(30)22-15-21(8-9-23(22)29-12-10-17(3)11-13-29)28-25(31)27-20-7-6-18(4)19(5)14-20/h6-9,14-17H,10-13H2,1-5H3,(H,26,30)(H2,27,28,31). The second-order valence-corrected chi connectivity index (χ2v) is 8.91. The highest BCUT2D eigenvalue weighted by atomic mass is 16.2. The molecule has 1 saturated heterocycles. The van der Waals surface area contributed by atoms with Gasteiger partial charge in [0.2, 0.25) is 0 Å². The molecule has 1 heterocycles. The molecule has 1 fully saturated rings. The molecule has 1 aliphatic heterocycles. The maximum Gasteiger partial charge on any atom is 0.323 e. The van der Waals surface area contributed by atoms with Crippen LogP contribution in [0.1, 0.15) is 55.1 Å². The lowest BCUT2D eigenvalue weighted by molar-refractivity contribution is 0.0943. The van der Waals surface area contributed by atoms with Crippen LogP contribution >= 0.6 is 0 Å². The van der Waals surface area contributed by atoms with E-state index in [1.807, 2.05) is 58.0 Å². The van der Waals surface area contributed by atoms with Crippen molar-refractivity contribution in [2.45, 2.75) is 53.5 Å². The van der Waals surface area contributed by atoms with Crippen LogP contribution in [-0.2, 0) is 0 Å². The predicted octanol–water partition coefficient (Wildman–Crippen LogP) is 5.32. The number of hydrogen-bond acceptors (Lipinski definition) is 3. The van der Waals surface area contributed by atoms with Crippen LogP contribution in [0.4, 0.5) is 21.9 Å². The lowest BCUT2D eigenvalue weighted by Crippen LogP contribution is -2.36. The van der Waals surface area contributed by atoms with E-state index < -0.39 is 0 Å². The average Bonchev–Trinajstić information content (AvgIpc) is 2.71. The molecule has 0 unspecified atom stereocenters. The minimum Gasteiger partial charge on any atom is -0.371 e. The third-order valence-electron chi connectivity index (χ3n) is 5.81. The summed E-state index contributed by atoms with van der Waals surface area (Å²) in [4.78, 5) is 27.7. The summed E-state index contributed by atoms with van der Waals surface area (Å²) in [6.07, 6.45) is 2.23. The van der Waals surface area contributed by atoms with Gasteiger partial charge in [0.05, 0.1) is 5.56 Å². The third-order valence-corrected chi connectivity index (χ3v) is 5.81. The number of carbonyl (C=O) groups is 2. The van der Waals surface area contributed by atoms with Crippen molar-refractivity contribution >= 4 is 29.0 Å². The van der Waals surface area contributed by atoms with E-state index in [1.165, 1.54) is 5.56 Å². The maximum absolute atomic E-state index is 12.9. The van der Waals surface area contributed by atoms with Crippen molar-refractivity contribution in [3.63, 3.8) is 0 Å². The van der Waals surface area contributed by atoms with Crippen LogP contribution in [0.5, 0.6) is 0 Å². The van der Waals surface area contributed by atoms with E-state index in [9.17, 15) is 9.59 Å². The zero-order chi connectivity index (χ0) is 22.5. The van der Waals surface area contributed by atoms with Crippen molar-refractivity contribution < 1.29 is 9.59 Å². The molecule has 0 saturated carbocycles. The van der Waals surface area contributed by atoms with Crippen LogP contribution in [0, 0.1) is 19.8 Å². The fourth-order valence-corrected chi connectivity index (χ4v) is 3.77. The largest absolute Gasteiger partial charge is 0.371 e. The Labute approximate surface area is 185 Å². The summed E-state index contributed by atoms with van der Waals surface area (Å²) in [7, 11) is 0. The highest BCUT2D eigenvalue weighted by Crippen LogP contribution is 2.29. The molecule has 2 aromatic rings. The second-order valence-electron chi connectivity index (χ2n) is 8.91. The minimum atomic E-state index is -0.335. The first-order valence-electron chi connectivity index (χ1n) is 11.1. The number of nitrogens with one attached hydrogen (secondary N) is 3. The van der Waals surface area contributed by atoms with E-state index in [1.54, 1.807) is 6.07 Å². The molecule has 0 spiro atoms. The van der Waals surface area contributed by atoms with Crippen molar-refractivity contribution in [2.75, 3.05) is 28.6 Å². The number of aryl methyl sites for hydroxylation is 2. The number of anilines is 3. The molecule has 2 aromatic carbocycles. The Morgan fingerprint density at radius 3 is 2.16 bits per heavy atom. The number of hydrogen-bond donors (Lipinski definition) is 3. The molecule has 31 heavy (non-hydrogen) atoms. The van der Waals surface area contributed by atoms with Gasteiger partial charge in [-0.25, -0.2) is 4.79 Å². The van der Waals surface area contributed by atoms with Crippen molar-refractivity contribution in [1.82, 2.24) is 5.32 Å². The van der Waals surface area contributed by atoms with E-state index in [-0.39, 0.29) is 18.0 Å². The summed E-state index contributed by atoms with van der Waals surface area (Å²) in [5, 5.41) is 8.71. The van der Waals surface area contributed by atoms with Gasteiger partial charge in [0, 0.05) is 36.2 Å². The van der Waals surface area contributed by atoms with E-state index in [2.05, 4.69) is 27.8 Å². The van der Waals surface area contributed by atoms with E-state index in [0.717, 1.165) is 42.9 Å². The number of rotatable bonds is 5. The maximum atomic E-state index is 12.9. The van der Waals surface area contributed by atoms with Crippen LogP contribution in [0.3, 0.4) is 0 Å². The molecular formula is C25H34N4O2. The van der Waals surface area contributed by atoms with Gasteiger partial charge in [-0.15, -0.1) is 0 Å². The average molecular weight is 423 g/mol. The zero-order valence-corrected chi connectivity index (χ0v) is 19.2. The number of piperidine rings is 1. The number of benzene rings is 2. The summed E-state index contributed by atoms with van der Waals surface area (Å²) in [6, 6.07) is 11.1. The molecule has 6 heteroatoms.